The highest BCUT2D eigenvalue weighted by Gasteiger charge is 2.03. The summed E-state index contributed by atoms with van der Waals surface area (Å²) in [5.41, 5.74) is 5.54. The van der Waals surface area contributed by atoms with Crippen LogP contribution in [0.5, 0.6) is 0 Å². The monoisotopic (exact) mass is 233 g/mol. The van der Waals surface area contributed by atoms with E-state index in [0.29, 0.717) is 10.2 Å². The zero-order valence-electron chi connectivity index (χ0n) is 6.86. The smallest absolute Gasteiger partial charge is 0.221 e. The largest absolute Gasteiger partial charge is 0.379 e. The van der Waals surface area contributed by atoms with Crippen LogP contribution in [0.4, 0.5) is 0 Å². The Morgan fingerprint density at radius 2 is 2.33 bits per heavy atom. The molecule has 0 aliphatic carbocycles. The third-order valence-corrected chi connectivity index (χ3v) is 1.94. The molecule has 68 valence electrons. The Hall–Kier alpha value is -0.840. The molecule has 0 aromatic heterocycles. The first-order chi connectivity index (χ1) is 5.61. The summed E-state index contributed by atoms with van der Waals surface area (Å²) in [5.74, 6) is -0.441. The van der Waals surface area contributed by atoms with Crippen LogP contribution in [0.1, 0.15) is 13.3 Å². The lowest BCUT2D eigenvalue weighted by molar-refractivity contribution is -0.117. The van der Waals surface area contributed by atoms with Crippen LogP contribution in [0.2, 0.25) is 0 Å². The van der Waals surface area contributed by atoms with Crippen LogP contribution in [0.15, 0.2) is 10.2 Å². The average Bonchev–Trinajstić information content (AvgIpc) is 2.00. The third-order valence-electron chi connectivity index (χ3n) is 1.15. The van der Waals surface area contributed by atoms with Crippen molar-refractivity contribution < 1.29 is 4.79 Å². The minimum Gasteiger partial charge on any atom is -0.379 e. The number of nitrogens with two attached hydrogens (primary N) is 1. The molecule has 0 saturated carbocycles. The molecule has 0 aliphatic heterocycles. The highest BCUT2D eigenvalue weighted by atomic mass is 79.9. The van der Waals surface area contributed by atoms with Crippen LogP contribution < -0.4 is 11.1 Å². The standard InChI is InChI=1S/C7H12BrN3O/c1-2-11-7(8)5(4-9)3-6(10)12/h4,9,11H,2-3H2,1H3,(H2,10,12)/b7-5-,9-4?. The van der Waals surface area contributed by atoms with E-state index in [1.807, 2.05) is 6.92 Å². The van der Waals surface area contributed by atoms with Crippen molar-refractivity contribution in [2.75, 3.05) is 6.54 Å². The molecule has 1 amide bonds. The fourth-order valence-corrected chi connectivity index (χ4v) is 1.18. The third kappa shape index (κ3) is 4.12. The van der Waals surface area contributed by atoms with E-state index in [4.69, 9.17) is 11.1 Å². The first-order valence-electron chi connectivity index (χ1n) is 3.53. The van der Waals surface area contributed by atoms with Crippen molar-refractivity contribution in [2.24, 2.45) is 5.73 Å². The van der Waals surface area contributed by atoms with E-state index >= 15 is 0 Å². The molecule has 0 radical (unpaired) electrons. The molecule has 0 saturated heterocycles. The maximum atomic E-state index is 10.5. The average molecular weight is 234 g/mol. The van der Waals surface area contributed by atoms with Crippen LogP contribution in [0, 0.1) is 5.41 Å². The van der Waals surface area contributed by atoms with Gasteiger partial charge in [0, 0.05) is 18.3 Å². The molecule has 0 aromatic rings. The maximum absolute atomic E-state index is 10.5. The van der Waals surface area contributed by atoms with Crippen molar-refractivity contribution in [3.05, 3.63) is 10.2 Å². The minimum atomic E-state index is -0.441. The molecule has 0 unspecified atom stereocenters. The number of amides is 1. The van der Waals surface area contributed by atoms with Crippen molar-refractivity contribution in [3.63, 3.8) is 0 Å². The van der Waals surface area contributed by atoms with E-state index in [1.165, 1.54) is 0 Å². The van der Waals surface area contributed by atoms with Crippen LogP contribution in [0.3, 0.4) is 0 Å². The van der Waals surface area contributed by atoms with E-state index in [9.17, 15) is 4.79 Å². The van der Waals surface area contributed by atoms with Crippen molar-refractivity contribution in [3.8, 4) is 0 Å². The van der Waals surface area contributed by atoms with Crippen LogP contribution in [0.25, 0.3) is 0 Å². The number of nitrogens with one attached hydrogen (secondary N) is 2. The lowest BCUT2D eigenvalue weighted by Crippen LogP contribution is -2.16. The van der Waals surface area contributed by atoms with Crippen molar-refractivity contribution in [2.45, 2.75) is 13.3 Å². The van der Waals surface area contributed by atoms with Gasteiger partial charge in [-0.3, -0.25) is 4.79 Å². The highest BCUT2D eigenvalue weighted by molar-refractivity contribution is 9.11. The second-order valence-corrected chi connectivity index (χ2v) is 2.95. The Labute approximate surface area is 79.8 Å². The van der Waals surface area contributed by atoms with Gasteiger partial charge in [-0.05, 0) is 22.9 Å². The predicted octanol–water partition coefficient (Wildman–Crippen LogP) is 0.727. The van der Waals surface area contributed by atoms with E-state index in [-0.39, 0.29) is 6.42 Å². The molecule has 12 heavy (non-hydrogen) atoms. The molecule has 0 heterocycles. The molecule has 0 aromatic carbocycles. The molecule has 0 aliphatic rings. The molecular formula is C7H12BrN3O. The maximum Gasteiger partial charge on any atom is 0.221 e. The Bertz CT molecular complexity index is 213. The Morgan fingerprint density at radius 1 is 1.75 bits per heavy atom. The van der Waals surface area contributed by atoms with Gasteiger partial charge in [-0.25, -0.2) is 0 Å². The summed E-state index contributed by atoms with van der Waals surface area (Å²) in [4.78, 5) is 10.5. The topological polar surface area (TPSA) is 79.0 Å². The van der Waals surface area contributed by atoms with Crippen LogP contribution in [-0.2, 0) is 4.79 Å². The van der Waals surface area contributed by atoms with Crippen molar-refractivity contribution in [1.82, 2.24) is 5.32 Å². The van der Waals surface area contributed by atoms with Crippen molar-refractivity contribution in [1.29, 1.82) is 5.41 Å². The molecule has 5 heteroatoms. The quantitative estimate of drug-likeness (QED) is 0.484. The Kier molecular flexibility index (Phi) is 5.36. The van der Waals surface area contributed by atoms with E-state index < -0.39 is 5.91 Å². The SMILES string of the molecule is CCN/C(Br)=C(\C=N)CC(N)=O. The number of carbonyl (C=O) groups is 1. The molecule has 4 nitrogen and oxygen atoms in total. The first-order valence-corrected chi connectivity index (χ1v) is 4.32. The highest BCUT2D eigenvalue weighted by Crippen LogP contribution is 2.09. The van der Waals surface area contributed by atoms with Gasteiger partial charge in [0.1, 0.15) is 0 Å². The second kappa shape index (κ2) is 5.77. The molecule has 0 fully saturated rings. The van der Waals surface area contributed by atoms with E-state index in [0.717, 1.165) is 12.8 Å². The van der Waals surface area contributed by atoms with E-state index in [1.54, 1.807) is 0 Å². The fraction of sp³-hybridized carbons (Fsp3) is 0.429. The summed E-state index contributed by atoms with van der Waals surface area (Å²) < 4.78 is 0.652. The second-order valence-electron chi connectivity index (χ2n) is 2.16. The molecule has 0 atom stereocenters. The van der Waals surface area contributed by atoms with Gasteiger partial charge in [0.25, 0.3) is 0 Å². The van der Waals surface area contributed by atoms with Gasteiger partial charge < -0.3 is 16.5 Å². The summed E-state index contributed by atoms with van der Waals surface area (Å²) in [6, 6.07) is 0. The zero-order chi connectivity index (χ0) is 9.56. The summed E-state index contributed by atoms with van der Waals surface area (Å²) in [5, 5.41) is 9.94. The van der Waals surface area contributed by atoms with E-state index in [2.05, 4.69) is 21.2 Å². The molecule has 4 N–H and O–H groups in total. The Morgan fingerprint density at radius 3 is 2.67 bits per heavy atom. The number of carbonyl (C=O) groups excluding carboxylic acids is 1. The summed E-state index contributed by atoms with van der Waals surface area (Å²) >= 11 is 3.20. The number of hydrogen-bond acceptors (Lipinski definition) is 3. The van der Waals surface area contributed by atoms with Crippen molar-refractivity contribution >= 4 is 28.1 Å². The summed E-state index contributed by atoms with van der Waals surface area (Å²) in [7, 11) is 0. The molecular weight excluding hydrogens is 222 g/mol. The molecule has 0 spiro atoms. The predicted molar refractivity (Wildman–Crippen MR) is 52.2 cm³/mol. The molecule has 0 rings (SSSR count). The first kappa shape index (κ1) is 11.2. The van der Waals surface area contributed by atoms with Gasteiger partial charge >= 0.3 is 0 Å². The minimum absolute atomic E-state index is 0.0804. The van der Waals surface area contributed by atoms with Crippen LogP contribution in [-0.4, -0.2) is 18.7 Å². The Balaban J connectivity index is 4.38. The number of hydrogen-bond donors (Lipinski definition) is 3. The van der Waals surface area contributed by atoms with Gasteiger partial charge in [0.15, 0.2) is 0 Å². The van der Waals surface area contributed by atoms with Gasteiger partial charge in [-0.15, -0.1) is 0 Å². The lowest BCUT2D eigenvalue weighted by Gasteiger charge is -2.04. The summed E-state index contributed by atoms with van der Waals surface area (Å²) in [6.45, 7) is 2.66. The number of primary amides is 1. The van der Waals surface area contributed by atoms with Gasteiger partial charge in [-0.1, -0.05) is 0 Å². The number of halogens is 1. The summed E-state index contributed by atoms with van der Waals surface area (Å²) in [6.07, 6.45) is 1.19. The molecule has 0 bridgehead atoms. The number of rotatable bonds is 5. The fourth-order valence-electron chi connectivity index (χ4n) is 0.648. The zero-order valence-corrected chi connectivity index (χ0v) is 8.44. The lowest BCUT2D eigenvalue weighted by atomic mass is 10.2. The van der Waals surface area contributed by atoms with Gasteiger partial charge in [0.05, 0.1) is 11.0 Å². The van der Waals surface area contributed by atoms with Gasteiger partial charge in [0.2, 0.25) is 5.91 Å². The van der Waals surface area contributed by atoms with Crippen LogP contribution >= 0.6 is 15.9 Å². The normalized spacial score (nSPS) is 11.8. The van der Waals surface area contributed by atoms with Gasteiger partial charge in [-0.2, -0.15) is 0 Å².